The van der Waals surface area contributed by atoms with Gasteiger partial charge in [-0.2, -0.15) is 0 Å². The largest absolute Gasteiger partial charge is 0.357 e. The van der Waals surface area contributed by atoms with Gasteiger partial charge in [-0.25, -0.2) is 4.99 Å². The van der Waals surface area contributed by atoms with Crippen LogP contribution in [0.5, 0.6) is 0 Å². The predicted octanol–water partition coefficient (Wildman–Crippen LogP) is 3.32. The van der Waals surface area contributed by atoms with E-state index in [4.69, 9.17) is 4.99 Å². The lowest BCUT2D eigenvalue weighted by Crippen LogP contribution is -2.47. The summed E-state index contributed by atoms with van der Waals surface area (Å²) in [6.07, 6.45) is 7.88. The third-order valence-corrected chi connectivity index (χ3v) is 6.61. The minimum Gasteiger partial charge on any atom is -0.357 e. The van der Waals surface area contributed by atoms with E-state index < -0.39 is 0 Å². The molecule has 2 unspecified atom stereocenters. The predicted molar refractivity (Wildman–Crippen MR) is 141 cm³/mol. The van der Waals surface area contributed by atoms with E-state index in [-0.39, 0.29) is 47.8 Å². The highest BCUT2D eigenvalue weighted by Crippen LogP contribution is 2.27. The number of benzene rings is 1. The molecule has 1 aliphatic heterocycles. The first-order chi connectivity index (χ1) is 15.6. The molecule has 1 saturated heterocycles. The van der Waals surface area contributed by atoms with E-state index in [1.165, 1.54) is 0 Å². The van der Waals surface area contributed by atoms with Crippen molar-refractivity contribution in [1.29, 1.82) is 0 Å². The summed E-state index contributed by atoms with van der Waals surface area (Å²) in [5.41, 5.74) is 2.29. The van der Waals surface area contributed by atoms with Crippen LogP contribution in [0.15, 0.2) is 29.3 Å². The van der Waals surface area contributed by atoms with E-state index in [9.17, 15) is 9.59 Å². The second-order valence-corrected chi connectivity index (χ2v) is 9.42. The quantitative estimate of drug-likeness (QED) is 0.256. The molecular weight excluding hydrogens is 529 g/mol. The van der Waals surface area contributed by atoms with Crippen molar-refractivity contribution in [2.75, 3.05) is 13.1 Å². The zero-order chi connectivity index (χ0) is 22.3. The van der Waals surface area contributed by atoms with E-state index in [1.54, 1.807) is 0 Å². The molecule has 3 fully saturated rings. The first kappa shape index (κ1) is 25.8. The fraction of sp³-hybridized carbons (Fsp3) is 0.640. The molecule has 3 aliphatic rings. The van der Waals surface area contributed by atoms with Gasteiger partial charge in [-0.1, -0.05) is 30.7 Å². The van der Waals surface area contributed by atoms with Crippen molar-refractivity contribution >= 4 is 41.8 Å². The molecule has 4 rings (SSSR count). The SMILES string of the molecule is CCNC(=NCc1cccc(CN2CCCC2=O)c1)NC1CCCC(C(=O)NC2CC2)C1.I. The van der Waals surface area contributed by atoms with Crippen LogP contribution < -0.4 is 16.0 Å². The highest BCUT2D eigenvalue weighted by molar-refractivity contribution is 14.0. The Morgan fingerprint density at radius 3 is 2.64 bits per heavy atom. The van der Waals surface area contributed by atoms with E-state index in [2.05, 4.69) is 41.1 Å². The van der Waals surface area contributed by atoms with Gasteiger partial charge in [0.05, 0.1) is 6.54 Å². The Labute approximate surface area is 214 Å². The zero-order valence-corrected chi connectivity index (χ0v) is 22.0. The molecule has 2 saturated carbocycles. The number of hydrogen-bond donors (Lipinski definition) is 3. The molecular formula is C25H38IN5O2. The van der Waals surface area contributed by atoms with Crippen LogP contribution in [0, 0.1) is 5.92 Å². The van der Waals surface area contributed by atoms with Crippen LogP contribution in [0.2, 0.25) is 0 Å². The Hall–Kier alpha value is -1.84. The number of carbonyl (C=O) groups excluding carboxylic acids is 2. The molecule has 1 aromatic rings. The van der Waals surface area contributed by atoms with Gasteiger partial charge in [0.15, 0.2) is 5.96 Å². The number of nitrogens with one attached hydrogen (secondary N) is 3. The van der Waals surface area contributed by atoms with Crippen LogP contribution in [0.25, 0.3) is 0 Å². The van der Waals surface area contributed by atoms with Gasteiger partial charge < -0.3 is 20.9 Å². The third-order valence-electron chi connectivity index (χ3n) is 6.61. The summed E-state index contributed by atoms with van der Waals surface area (Å²) < 4.78 is 0. The van der Waals surface area contributed by atoms with Crippen molar-refractivity contribution in [2.24, 2.45) is 10.9 Å². The number of nitrogens with zero attached hydrogens (tertiary/aromatic N) is 2. The maximum atomic E-state index is 12.5. The smallest absolute Gasteiger partial charge is 0.223 e. The van der Waals surface area contributed by atoms with E-state index in [0.29, 0.717) is 25.6 Å². The molecule has 7 nitrogen and oxygen atoms in total. The molecule has 0 radical (unpaired) electrons. The van der Waals surface area contributed by atoms with Crippen LogP contribution in [0.3, 0.4) is 0 Å². The fourth-order valence-electron chi connectivity index (χ4n) is 4.71. The number of rotatable bonds is 8. The second kappa shape index (κ2) is 12.6. The maximum absolute atomic E-state index is 12.5. The van der Waals surface area contributed by atoms with E-state index >= 15 is 0 Å². The van der Waals surface area contributed by atoms with Crippen molar-refractivity contribution in [2.45, 2.75) is 83.5 Å². The van der Waals surface area contributed by atoms with Crippen molar-refractivity contribution in [3.63, 3.8) is 0 Å². The summed E-state index contributed by atoms with van der Waals surface area (Å²) in [4.78, 5) is 31.2. The lowest BCUT2D eigenvalue weighted by atomic mass is 9.85. The minimum atomic E-state index is 0. The van der Waals surface area contributed by atoms with Gasteiger partial charge in [0.25, 0.3) is 0 Å². The summed E-state index contributed by atoms with van der Waals surface area (Å²) in [6, 6.07) is 9.05. The summed E-state index contributed by atoms with van der Waals surface area (Å²) in [7, 11) is 0. The van der Waals surface area contributed by atoms with Crippen molar-refractivity contribution in [1.82, 2.24) is 20.9 Å². The van der Waals surface area contributed by atoms with E-state index in [0.717, 1.165) is 75.1 Å². The Balaban J connectivity index is 0.00000306. The Kier molecular flexibility index (Phi) is 9.82. The summed E-state index contributed by atoms with van der Waals surface area (Å²) in [6.45, 7) is 4.98. The highest BCUT2D eigenvalue weighted by Gasteiger charge is 2.31. The molecule has 1 heterocycles. The summed E-state index contributed by atoms with van der Waals surface area (Å²) in [5.74, 6) is 1.40. The molecule has 182 valence electrons. The number of guanidine groups is 1. The van der Waals surface area contributed by atoms with Crippen molar-refractivity contribution in [3.05, 3.63) is 35.4 Å². The topological polar surface area (TPSA) is 85.8 Å². The van der Waals surface area contributed by atoms with Gasteiger partial charge >= 0.3 is 0 Å². The number of amides is 2. The lowest BCUT2D eigenvalue weighted by molar-refractivity contribution is -0.128. The number of likely N-dealkylation sites (tertiary alicyclic amines) is 1. The Morgan fingerprint density at radius 1 is 1.09 bits per heavy atom. The molecule has 33 heavy (non-hydrogen) atoms. The maximum Gasteiger partial charge on any atom is 0.223 e. The highest BCUT2D eigenvalue weighted by atomic mass is 127. The molecule has 0 bridgehead atoms. The molecule has 2 amide bonds. The molecule has 0 spiro atoms. The fourth-order valence-corrected chi connectivity index (χ4v) is 4.71. The third kappa shape index (κ3) is 7.86. The van der Waals surface area contributed by atoms with Gasteiger partial charge in [-0.05, 0) is 56.6 Å². The molecule has 1 aromatic carbocycles. The number of carbonyl (C=O) groups is 2. The lowest BCUT2D eigenvalue weighted by Gasteiger charge is -2.30. The molecule has 3 N–H and O–H groups in total. The number of hydrogen-bond acceptors (Lipinski definition) is 3. The minimum absolute atomic E-state index is 0. The molecule has 2 aliphatic carbocycles. The average Bonchev–Trinajstić information content (AvgIpc) is 3.52. The van der Waals surface area contributed by atoms with Crippen LogP contribution in [-0.2, 0) is 22.7 Å². The Bertz CT molecular complexity index is 842. The van der Waals surface area contributed by atoms with Gasteiger partial charge in [0.2, 0.25) is 11.8 Å². The van der Waals surface area contributed by atoms with Crippen molar-refractivity contribution < 1.29 is 9.59 Å². The summed E-state index contributed by atoms with van der Waals surface area (Å²) >= 11 is 0. The van der Waals surface area contributed by atoms with Gasteiger partial charge in [-0.3, -0.25) is 9.59 Å². The zero-order valence-electron chi connectivity index (χ0n) is 19.6. The summed E-state index contributed by atoms with van der Waals surface area (Å²) in [5, 5.41) is 10.1. The second-order valence-electron chi connectivity index (χ2n) is 9.42. The van der Waals surface area contributed by atoms with Crippen LogP contribution in [0.1, 0.15) is 69.4 Å². The monoisotopic (exact) mass is 567 g/mol. The number of halogens is 1. The van der Waals surface area contributed by atoms with Crippen molar-refractivity contribution in [3.8, 4) is 0 Å². The first-order valence-corrected chi connectivity index (χ1v) is 12.3. The average molecular weight is 568 g/mol. The van der Waals surface area contributed by atoms with Gasteiger partial charge in [0, 0.05) is 44.1 Å². The van der Waals surface area contributed by atoms with Crippen LogP contribution >= 0.6 is 24.0 Å². The molecule has 0 aromatic heterocycles. The van der Waals surface area contributed by atoms with Crippen LogP contribution in [0.4, 0.5) is 0 Å². The standard InChI is InChI=1S/C25H37N5O2.HI/c1-2-26-25(29-22-9-4-8-20(15-22)24(32)28-21-11-12-21)27-16-18-6-3-7-19(14-18)17-30-13-5-10-23(30)31;/h3,6-7,14,20-22H,2,4-5,8-13,15-17H2,1H3,(H,28,32)(H2,26,27,29);1H. The Morgan fingerprint density at radius 2 is 1.91 bits per heavy atom. The molecule has 2 atom stereocenters. The molecule has 8 heteroatoms. The normalized spacial score (nSPS) is 23.1. The number of aliphatic imine (C=N–C) groups is 1. The van der Waals surface area contributed by atoms with E-state index in [1.807, 2.05) is 11.0 Å². The van der Waals surface area contributed by atoms with Gasteiger partial charge in [-0.15, -0.1) is 24.0 Å². The van der Waals surface area contributed by atoms with Crippen LogP contribution in [-0.4, -0.2) is 47.8 Å². The van der Waals surface area contributed by atoms with Gasteiger partial charge in [0.1, 0.15) is 0 Å². The first-order valence-electron chi connectivity index (χ1n) is 12.3.